The lowest BCUT2D eigenvalue weighted by molar-refractivity contribution is -0.555. The normalized spacial score (nSPS) is 12.5. The number of benzene rings is 2. The number of nitrogens with one attached hydrogen (secondary N) is 3. The predicted octanol–water partition coefficient (Wildman–Crippen LogP) is 3.72. The van der Waals surface area contributed by atoms with Crippen molar-refractivity contribution in [3.05, 3.63) is 77.2 Å². The quantitative estimate of drug-likeness (QED) is 0.234. The van der Waals surface area contributed by atoms with E-state index in [1.54, 1.807) is 25.3 Å². The Bertz CT molecular complexity index is 1640. The molecular formula is C31H35N8O2+. The molecule has 1 amide bonds. The first kappa shape index (κ1) is 27.7. The maximum absolute atomic E-state index is 12.5. The second-order valence-corrected chi connectivity index (χ2v) is 10.2. The zero-order valence-electron chi connectivity index (χ0n) is 23.9. The van der Waals surface area contributed by atoms with Gasteiger partial charge in [-0.05, 0) is 56.0 Å². The second-order valence-electron chi connectivity index (χ2n) is 10.2. The Labute approximate surface area is 239 Å². The summed E-state index contributed by atoms with van der Waals surface area (Å²) in [5.41, 5.74) is 8.93. The summed E-state index contributed by atoms with van der Waals surface area (Å²) >= 11 is 0. The van der Waals surface area contributed by atoms with Gasteiger partial charge in [-0.1, -0.05) is 24.3 Å². The largest absolute Gasteiger partial charge is 0.495 e. The fraction of sp³-hybridized carbons (Fsp3) is 0.258. The number of quaternary nitrogens is 1. The van der Waals surface area contributed by atoms with Gasteiger partial charge in [-0.25, -0.2) is 9.97 Å². The summed E-state index contributed by atoms with van der Waals surface area (Å²) in [5, 5.41) is 20.7. The van der Waals surface area contributed by atoms with Gasteiger partial charge in [-0.2, -0.15) is 5.10 Å². The molecule has 2 aromatic carbocycles. The summed E-state index contributed by atoms with van der Waals surface area (Å²) < 4.78 is 7.50. The molecule has 4 aromatic rings. The molecule has 1 aliphatic carbocycles. The van der Waals surface area contributed by atoms with Crippen LogP contribution < -0.4 is 20.7 Å². The van der Waals surface area contributed by atoms with Crippen LogP contribution in [-0.2, 0) is 19.9 Å². The maximum Gasteiger partial charge on any atom is 0.251 e. The Morgan fingerprint density at radius 3 is 2.59 bits per heavy atom. The lowest BCUT2D eigenvalue weighted by Crippen LogP contribution is -2.72. The summed E-state index contributed by atoms with van der Waals surface area (Å²) in [7, 11) is 5.47. The number of ether oxygens (including phenoxy) is 1. The zero-order chi connectivity index (χ0) is 29.1. The van der Waals surface area contributed by atoms with Crippen molar-refractivity contribution in [1.29, 1.82) is 5.41 Å². The SMILES string of the molecule is C[NH2+]/C=C(\C=N)c1ccc(-c2c3c(nn2C)CCc2cnc(Nc4ccc(C(=O)NC(C)C)cc4OC)nc2-3)cc1. The molecule has 5 N–H and O–H groups in total. The summed E-state index contributed by atoms with van der Waals surface area (Å²) in [5.74, 6) is 0.786. The minimum absolute atomic E-state index is 0.0335. The summed E-state index contributed by atoms with van der Waals surface area (Å²) in [6.07, 6.45) is 6.78. The van der Waals surface area contributed by atoms with E-state index in [-0.39, 0.29) is 11.9 Å². The Balaban J connectivity index is 1.50. The third-order valence-corrected chi connectivity index (χ3v) is 6.98. The second kappa shape index (κ2) is 11.7. The van der Waals surface area contributed by atoms with Crippen LogP contribution in [0.4, 0.5) is 11.6 Å². The van der Waals surface area contributed by atoms with Crippen LogP contribution in [0.3, 0.4) is 0 Å². The molecule has 210 valence electrons. The number of amides is 1. The molecule has 0 aliphatic heterocycles. The van der Waals surface area contributed by atoms with Gasteiger partial charge in [-0.3, -0.25) is 9.48 Å². The minimum Gasteiger partial charge on any atom is -0.495 e. The molecule has 0 spiro atoms. The van der Waals surface area contributed by atoms with Crippen LogP contribution in [0.2, 0.25) is 0 Å². The molecule has 0 bridgehead atoms. The summed E-state index contributed by atoms with van der Waals surface area (Å²) in [4.78, 5) is 22.0. The number of carbonyl (C=O) groups excluding carboxylic acids is 1. The van der Waals surface area contributed by atoms with Gasteiger partial charge in [0.1, 0.15) is 11.9 Å². The first-order valence-corrected chi connectivity index (χ1v) is 13.6. The first-order valence-electron chi connectivity index (χ1n) is 13.6. The molecule has 0 unspecified atom stereocenters. The van der Waals surface area contributed by atoms with Crippen molar-refractivity contribution in [2.75, 3.05) is 19.5 Å². The van der Waals surface area contributed by atoms with Gasteiger partial charge in [0.25, 0.3) is 5.91 Å². The number of hydrogen-bond donors (Lipinski definition) is 4. The molecule has 0 saturated carbocycles. The van der Waals surface area contributed by atoms with Crippen molar-refractivity contribution >= 4 is 29.3 Å². The molecule has 1 aliphatic rings. The highest BCUT2D eigenvalue weighted by Crippen LogP contribution is 2.40. The fourth-order valence-electron chi connectivity index (χ4n) is 5.08. The molecule has 5 rings (SSSR count). The molecule has 0 radical (unpaired) electrons. The number of anilines is 2. The Kier molecular flexibility index (Phi) is 7.93. The van der Waals surface area contributed by atoms with E-state index in [9.17, 15) is 4.79 Å². The molecule has 10 heteroatoms. The first-order chi connectivity index (χ1) is 19.8. The van der Waals surface area contributed by atoms with Gasteiger partial charge in [0.15, 0.2) is 0 Å². The van der Waals surface area contributed by atoms with Gasteiger partial charge < -0.3 is 26.1 Å². The topological polar surface area (TPSA) is 134 Å². The van der Waals surface area contributed by atoms with Crippen molar-refractivity contribution in [1.82, 2.24) is 25.1 Å². The minimum atomic E-state index is -0.159. The number of hydrogen-bond acceptors (Lipinski definition) is 7. The number of nitrogens with two attached hydrogens (primary N) is 1. The Hall–Kier alpha value is -4.83. The van der Waals surface area contributed by atoms with E-state index in [0.29, 0.717) is 22.9 Å². The number of carbonyl (C=O) groups is 1. The van der Waals surface area contributed by atoms with Crippen LogP contribution in [0.15, 0.2) is 54.9 Å². The third-order valence-electron chi connectivity index (χ3n) is 6.98. The lowest BCUT2D eigenvalue weighted by atomic mass is 9.91. The fourth-order valence-corrected chi connectivity index (χ4v) is 5.08. The number of methoxy groups -OCH3 is 1. The van der Waals surface area contributed by atoms with Crippen molar-refractivity contribution in [3.63, 3.8) is 0 Å². The average molecular weight is 552 g/mol. The number of fused-ring (bicyclic) bond motifs is 3. The van der Waals surface area contributed by atoms with Crippen LogP contribution >= 0.6 is 0 Å². The highest BCUT2D eigenvalue weighted by molar-refractivity contribution is 6.07. The van der Waals surface area contributed by atoms with Crippen molar-refractivity contribution in [2.24, 2.45) is 7.05 Å². The summed E-state index contributed by atoms with van der Waals surface area (Å²) in [6, 6.07) is 13.5. The average Bonchev–Trinajstić information content (AvgIpc) is 3.32. The van der Waals surface area contributed by atoms with Gasteiger partial charge >= 0.3 is 0 Å². The predicted molar refractivity (Wildman–Crippen MR) is 161 cm³/mol. The van der Waals surface area contributed by atoms with Crippen LogP contribution in [0.5, 0.6) is 5.75 Å². The van der Waals surface area contributed by atoms with Crippen molar-refractivity contribution < 1.29 is 14.8 Å². The Morgan fingerprint density at radius 1 is 1.15 bits per heavy atom. The monoisotopic (exact) mass is 551 g/mol. The van der Waals surface area contributed by atoms with Gasteiger partial charge in [0.2, 0.25) is 5.95 Å². The van der Waals surface area contributed by atoms with Gasteiger partial charge in [0, 0.05) is 42.2 Å². The molecule has 10 nitrogen and oxygen atoms in total. The van der Waals surface area contributed by atoms with Crippen LogP contribution in [0, 0.1) is 5.41 Å². The van der Waals surface area contributed by atoms with E-state index in [2.05, 4.69) is 27.8 Å². The van der Waals surface area contributed by atoms with E-state index in [4.69, 9.17) is 20.2 Å². The lowest BCUT2D eigenvalue weighted by Gasteiger charge is -2.18. The van der Waals surface area contributed by atoms with E-state index in [1.165, 1.54) is 6.21 Å². The maximum atomic E-state index is 12.5. The molecule has 41 heavy (non-hydrogen) atoms. The van der Waals surface area contributed by atoms with Crippen LogP contribution in [0.25, 0.3) is 28.1 Å². The van der Waals surface area contributed by atoms with Gasteiger partial charge in [-0.15, -0.1) is 0 Å². The number of aromatic nitrogens is 4. The number of rotatable bonds is 9. The molecule has 0 saturated heterocycles. The molecule has 0 fully saturated rings. The van der Waals surface area contributed by atoms with Crippen LogP contribution in [-0.4, -0.2) is 52.1 Å². The number of aryl methyl sites for hydroxylation is 3. The molecule has 2 aromatic heterocycles. The van der Waals surface area contributed by atoms with E-state index < -0.39 is 0 Å². The molecule has 2 heterocycles. The van der Waals surface area contributed by atoms with E-state index in [1.807, 2.05) is 62.5 Å². The smallest absolute Gasteiger partial charge is 0.251 e. The zero-order valence-corrected chi connectivity index (χ0v) is 23.9. The highest BCUT2D eigenvalue weighted by Gasteiger charge is 2.27. The number of nitrogens with zero attached hydrogens (tertiary/aromatic N) is 4. The van der Waals surface area contributed by atoms with Crippen molar-refractivity contribution in [2.45, 2.75) is 32.7 Å². The molecule has 0 atom stereocenters. The van der Waals surface area contributed by atoms with E-state index in [0.717, 1.165) is 57.8 Å². The Morgan fingerprint density at radius 2 is 1.90 bits per heavy atom. The third kappa shape index (κ3) is 5.59. The number of allylic oxidation sites excluding steroid dienone is 1. The standard InChI is InChI=1S/C31H34N8O2/c1-18(2)35-30(40)21-10-12-24(26(14-21)41-5)36-31-34-17-22-11-13-25-27(28(22)37-31)29(39(4)38-25)20-8-6-19(7-9-20)23(15-32)16-33-3/h6-10,12,14-18,32-33H,11,13H2,1-5H3,(H,35,40)(H,34,36,37)/p+1/b23-16+,32-15?. The van der Waals surface area contributed by atoms with Crippen LogP contribution in [0.1, 0.15) is 41.0 Å². The highest BCUT2D eigenvalue weighted by atomic mass is 16.5. The van der Waals surface area contributed by atoms with Gasteiger partial charge in [0.05, 0.1) is 42.5 Å². The molecular weight excluding hydrogens is 516 g/mol. The van der Waals surface area contributed by atoms with Crippen molar-refractivity contribution in [3.8, 4) is 28.3 Å². The van der Waals surface area contributed by atoms with E-state index >= 15 is 0 Å². The summed E-state index contributed by atoms with van der Waals surface area (Å²) in [6.45, 7) is 3.84.